The Labute approximate surface area is 118 Å². The monoisotopic (exact) mass is 285 g/mol. The molecule has 21 heavy (non-hydrogen) atoms. The predicted molar refractivity (Wildman–Crippen MR) is 74.1 cm³/mol. The number of para-hydroxylation sites is 1. The van der Waals surface area contributed by atoms with Crippen LogP contribution in [0.2, 0.25) is 0 Å². The van der Waals surface area contributed by atoms with Gasteiger partial charge < -0.3 is 5.11 Å². The van der Waals surface area contributed by atoms with E-state index in [9.17, 15) is 18.7 Å². The van der Waals surface area contributed by atoms with E-state index in [-0.39, 0.29) is 16.8 Å². The first-order chi connectivity index (χ1) is 10.0. The molecule has 0 saturated carbocycles. The Morgan fingerprint density at radius 3 is 2.33 bits per heavy atom. The quantitative estimate of drug-likeness (QED) is 0.777. The SMILES string of the molecule is O=C(O)c1cc(-c2cc(F)cc(F)c2)nc2ccccc12. The van der Waals surface area contributed by atoms with E-state index in [4.69, 9.17) is 0 Å². The highest BCUT2D eigenvalue weighted by atomic mass is 19.1. The van der Waals surface area contributed by atoms with Gasteiger partial charge in [0.1, 0.15) is 11.6 Å². The highest BCUT2D eigenvalue weighted by molar-refractivity contribution is 6.03. The Hall–Kier alpha value is -2.82. The Balaban J connectivity index is 2.30. The van der Waals surface area contributed by atoms with Crippen molar-refractivity contribution >= 4 is 16.9 Å². The first-order valence-corrected chi connectivity index (χ1v) is 6.14. The summed E-state index contributed by atoms with van der Waals surface area (Å²) >= 11 is 0. The number of carbonyl (C=O) groups is 1. The molecule has 0 aliphatic carbocycles. The second-order valence-corrected chi connectivity index (χ2v) is 4.54. The number of hydrogen-bond donors (Lipinski definition) is 1. The van der Waals surface area contributed by atoms with Crippen LogP contribution >= 0.6 is 0 Å². The van der Waals surface area contributed by atoms with E-state index in [1.807, 2.05) is 0 Å². The topological polar surface area (TPSA) is 50.2 Å². The molecule has 0 unspecified atom stereocenters. The number of fused-ring (bicyclic) bond motifs is 1. The van der Waals surface area contributed by atoms with Gasteiger partial charge in [0.15, 0.2) is 0 Å². The molecule has 0 aliphatic heterocycles. The van der Waals surface area contributed by atoms with Gasteiger partial charge in [-0.1, -0.05) is 18.2 Å². The predicted octanol–water partition coefficient (Wildman–Crippen LogP) is 3.88. The van der Waals surface area contributed by atoms with Gasteiger partial charge in [-0.2, -0.15) is 0 Å². The van der Waals surface area contributed by atoms with Crippen molar-refractivity contribution in [2.45, 2.75) is 0 Å². The molecule has 5 heteroatoms. The molecule has 104 valence electrons. The van der Waals surface area contributed by atoms with E-state index < -0.39 is 17.6 Å². The summed E-state index contributed by atoms with van der Waals surface area (Å²) in [5, 5.41) is 9.76. The van der Waals surface area contributed by atoms with Crippen LogP contribution in [-0.2, 0) is 0 Å². The Bertz CT molecular complexity index is 842. The number of pyridine rings is 1. The zero-order valence-corrected chi connectivity index (χ0v) is 10.7. The Kier molecular flexibility index (Phi) is 3.10. The Morgan fingerprint density at radius 2 is 1.67 bits per heavy atom. The van der Waals surface area contributed by atoms with E-state index >= 15 is 0 Å². The van der Waals surface area contributed by atoms with Gasteiger partial charge >= 0.3 is 5.97 Å². The van der Waals surface area contributed by atoms with Crippen molar-refractivity contribution in [3.63, 3.8) is 0 Å². The average molecular weight is 285 g/mol. The van der Waals surface area contributed by atoms with Crippen molar-refractivity contribution in [1.82, 2.24) is 4.98 Å². The third-order valence-electron chi connectivity index (χ3n) is 3.10. The molecule has 1 aromatic heterocycles. The molecular formula is C16H9F2NO2. The van der Waals surface area contributed by atoms with Crippen LogP contribution in [-0.4, -0.2) is 16.1 Å². The number of carboxylic acids is 1. The molecule has 0 radical (unpaired) electrons. The lowest BCUT2D eigenvalue weighted by Crippen LogP contribution is -2.00. The van der Waals surface area contributed by atoms with Gasteiger partial charge in [0.25, 0.3) is 0 Å². The molecule has 1 heterocycles. The van der Waals surface area contributed by atoms with Crippen molar-refractivity contribution in [1.29, 1.82) is 0 Å². The lowest BCUT2D eigenvalue weighted by Gasteiger charge is -2.07. The molecule has 3 aromatic rings. The first kappa shape index (κ1) is 13.2. The van der Waals surface area contributed by atoms with Gasteiger partial charge in [0, 0.05) is 17.0 Å². The third kappa shape index (κ3) is 2.45. The smallest absolute Gasteiger partial charge is 0.336 e. The standard InChI is InChI=1S/C16H9F2NO2/c17-10-5-9(6-11(18)7-10)15-8-13(16(20)21)12-3-1-2-4-14(12)19-15/h1-8H,(H,20,21). The van der Waals surface area contributed by atoms with Gasteiger partial charge in [-0.3, -0.25) is 0 Å². The zero-order valence-electron chi connectivity index (χ0n) is 10.7. The molecule has 0 fully saturated rings. The van der Waals surface area contributed by atoms with E-state index in [1.54, 1.807) is 24.3 Å². The van der Waals surface area contributed by atoms with Crippen LogP contribution < -0.4 is 0 Å². The summed E-state index contributed by atoms with van der Waals surface area (Å²) in [7, 11) is 0. The highest BCUT2D eigenvalue weighted by Gasteiger charge is 2.13. The number of carboxylic acid groups (broad SMARTS) is 1. The minimum absolute atomic E-state index is 0.0419. The van der Waals surface area contributed by atoms with Crippen molar-refractivity contribution < 1.29 is 18.7 Å². The van der Waals surface area contributed by atoms with Crippen LogP contribution in [0.25, 0.3) is 22.2 Å². The van der Waals surface area contributed by atoms with Crippen molar-refractivity contribution in [3.8, 4) is 11.3 Å². The second-order valence-electron chi connectivity index (χ2n) is 4.54. The summed E-state index contributed by atoms with van der Waals surface area (Å²) in [4.78, 5) is 15.6. The molecule has 0 aliphatic rings. The van der Waals surface area contributed by atoms with E-state index in [1.165, 1.54) is 6.07 Å². The van der Waals surface area contributed by atoms with E-state index in [2.05, 4.69) is 4.98 Å². The lowest BCUT2D eigenvalue weighted by molar-refractivity contribution is 0.0699. The molecule has 0 amide bonds. The van der Waals surface area contributed by atoms with Gasteiger partial charge in [0.05, 0.1) is 16.8 Å². The minimum Gasteiger partial charge on any atom is -0.478 e. The number of benzene rings is 2. The van der Waals surface area contributed by atoms with Crippen LogP contribution in [0.4, 0.5) is 8.78 Å². The fraction of sp³-hybridized carbons (Fsp3) is 0. The van der Waals surface area contributed by atoms with Gasteiger partial charge in [-0.05, 0) is 24.3 Å². The van der Waals surface area contributed by atoms with Gasteiger partial charge in [-0.25, -0.2) is 18.6 Å². The van der Waals surface area contributed by atoms with Crippen LogP contribution in [0.1, 0.15) is 10.4 Å². The number of nitrogens with zero attached hydrogens (tertiary/aromatic N) is 1. The number of hydrogen-bond acceptors (Lipinski definition) is 2. The van der Waals surface area contributed by atoms with Crippen LogP contribution in [0.15, 0.2) is 48.5 Å². The summed E-state index contributed by atoms with van der Waals surface area (Å²) in [5.74, 6) is -2.60. The fourth-order valence-corrected chi connectivity index (χ4v) is 2.20. The summed E-state index contributed by atoms with van der Waals surface area (Å²) in [6.45, 7) is 0. The highest BCUT2D eigenvalue weighted by Crippen LogP contribution is 2.26. The van der Waals surface area contributed by atoms with Gasteiger partial charge in [-0.15, -0.1) is 0 Å². The second kappa shape index (κ2) is 4.94. The third-order valence-corrected chi connectivity index (χ3v) is 3.10. The molecule has 0 saturated heterocycles. The molecule has 0 spiro atoms. The summed E-state index contributed by atoms with van der Waals surface area (Å²) in [6, 6.07) is 11.0. The fourth-order valence-electron chi connectivity index (χ4n) is 2.20. The van der Waals surface area contributed by atoms with Crippen LogP contribution in [0.5, 0.6) is 0 Å². The summed E-state index contributed by atoms with van der Waals surface area (Å²) in [5.41, 5.74) is 0.905. The van der Waals surface area contributed by atoms with Crippen molar-refractivity contribution in [2.24, 2.45) is 0 Å². The molecule has 3 rings (SSSR count). The average Bonchev–Trinajstić information content (AvgIpc) is 2.45. The number of halogens is 2. The normalized spacial score (nSPS) is 10.8. The number of aromatic nitrogens is 1. The van der Waals surface area contributed by atoms with Crippen molar-refractivity contribution in [3.05, 3.63) is 65.7 Å². The largest absolute Gasteiger partial charge is 0.478 e. The molecule has 0 atom stereocenters. The Morgan fingerprint density at radius 1 is 1.00 bits per heavy atom. The van der Waals surface area contributed by atoms with Crippen LogP contribution in [0.3, 0.4) is 0 Å². The van der Waals surface area contributed by atoms with E-state index in [0.29, 0.717) is 10.9 Å². The molecule has 1 N–H and O–H groups in total. The molecule has 3 nitrogen and oxygen atoms in total. The summed E-state index contributed by atoms with van der Waals surface area (Å²) in [6.07, 6.45) is 0. The zero-order chi connectivity index (χ0) is 15.0. The first-order valence-electron chi connectivity index (χ1n) is 6.14. The van der Waals surface area contributed by atoms with Crippen LogP contribution in [0, 0.1) is 11.6 Å². The minimum atomic E-state index is -1.12. The maximum atomic E-state index is 13.3. The summed E-state index contributed by atoms with van der Waals surface area (Å²) < 4.78 is 26.6. The maximum absolute atomic E-state index is 13.3. The molecular weight excluding hydrogens is 276 g/mol. The molecule has 0 bridgehead atoms. The van der Waals surface area contributed by atoms with Crippen molar-refractivity contribution in [2.75, 3.05) is 0 Å². The maximum Gasteiger partial charge on any atom is 0.336 e. The van der Waals surface area contributed by atoms with Gasteiger partial charge in [0.2, 0.25) is 0 Å². The number of aromatic carboxylic acids is 1. The number of rotatable bonds is 2. The van der Waals surface area contributed by atoms with E-state index in [0.717, 1.165) is 18.2 Å². The lowest BCUT2D eigenvalue weighted by atomic mass is 10.0. The molecule has 2 aromatic carbocycles.